The van der Waals surface area contributed by atoms with Gasteiger partial charge in [-0.2, -0.15) is 9.29 Å². The Morgan fingerprint density at radius 2 is 2.16 bits per heavy atom. The van der Waals surface area contributed by atoms with Crippen LogP contribution in [0.4, 0.5) is 0 Å². The number of aromatic nitrogens is 2. The molecule has 8 heteroatoms. The van der Waals surface area contributed by atoms with Crippen molar-refractivity contribution in [2.24, 2.45) is 5.92 Å². The number of sulfonamides is 1. The van der Waals surface area contributed by atoms with Crippen LogP contribution in [-0.4, -0.2) is 36.0 Å². The molecule has 138 valence electrons. The molecule has 1 fully saturated rings. The fourth-order valence-electron chi connectivity index (χ4n) is 3.25. The monoisotopic (exact) mass is 383 g/mol. The minimum absolute atomic E-state index is 0.0306. The molecule has 1 aliphatic rings. The van der Waals surface area contributed by atoms with E-state index < -0.39 is 10.0 Å². The lowest BCUT2D eigenvalue weighted by molar-refractivity contribution is 0.265. The Labute approximate surface area is 153 Å². The largest absolute Gasteiger partial charge is 0.339 e. The van der Waals surface area contributed by atoms with Crippen LogP contribution in [0.1, 0.15) is 54.1 Å². The highest BCUT2D eigenvalue weighted by atomic mass is 32.2. The second kappa shape index (κ2) is 7.17. The van der Waals surface area contributed by atoms with Crippen molar-refractivity contribution in [3.05, 3.63) is 27.5 Å². The summed E-state index contributed by atoms with van der Waals surface area (Å²) in [6.45, 7) is 8.96. The standard InChI is InChI=1S/C17H25N3O3S2/c1-11(2)8-16-18-17(23-19-16)14-6-5-7-20(10-14)25(21,22)15-9-12(3)24-13(15)4/h9,11,14H,5-8,10H2,1-4H3. The first-order valence-electron chi connectivity index (χ1n) is 8.67. The molecule has 1 saturated heterocycles. The molecule has 1 unspecified atom stereocenters. The molecular weight excluding hydrogens is 358 g/mol. The zero-order chi connectivity index (χ0) is 18.2. The van der Waals surface area contributed by atoms with Crippen LogP contribution in [0, 0.1) is 19.8 Å². The molecule has 0 spiro atoms. The van der Waals surface area contributed by atoms with Gasteiger partial charge in [-0.05, 0) is 38.7 Å². The van der Waals surface area contributed by atoms with Crippen molar-refractivity contribution in [1.29, 1.82) is 0 Å². The molecule has 25 heavy (non-hydrogen) atoms. The highest BCUT2D eigenvalue weighted by molar-refractivity contribution is 7.89. The quantitative estimate of drug-likeness (QED) is 0.789. The van der Waals surface area contributed by atoms with Crippen molar-refractivity contribution in [2.75, 3.05) is 13.1 Å². The SMILES string of the molecule is Cc1cc(S(=O)(=O)N2CCCC(c3nc(CC(C)C)no3)C2)c(C)s1. The number of hydrogen-bond donors (Lipinski definition) is 0. The van der Waals surface area contributed by atoms with E-state index in [0.29, 0.717) is 35.6 Å². The summed E-state index contributed by atoms with van der Waals surface area (Å²) < 4.78 is 33.0. The molecule has 1 aliphatic heterocycles. The van der Waals surface area contributed by atoms with Crippen molar-refractivity contribution in [3.8, 4) is 0 Å². The number of nitrogens with zero attached hydrogens (tertiary/aromatic N) is 3. The Bertz CT molecular complexity index is 839. The van der Waals surface area contributed by atoms with E-state index in [2.05, 4.69) is 24.0 Å². The molecule has 6 nitrogen and oxygen atoms in total. The van der Waals surface area contributed by atoms with E-state index in [1.54, 1.807) is 10.4 Å². The zero-order valence-electron chi connectivity index (χ0n) is 15.2. The Kier molecular flexibility index (Phi) is 5.31. The Hall–Kier alpha value is -1.25. The highest BCUT2D eigenvalue weighted by Gasteiger charge is 2.34. The summed E-state index contributed by atoms with van der Waals surface area (Å²) in [5, 5.41) is 4.04. The molecule has 0 radical (unpaired) electrons. The van der Waals surface area contributed by atoms with Crippen LogP contribution in [0.2, 0.25) is 0 Å². The summed E-state index contributed by atoms with van der Waals surface area (Å²) in [4.78, 5) is 6.78. The Balaban J connectivity index is 1.79. The van der Waals surface area contributed by atoms with E-state index in [0.717, 1.165) is 29.0 Å². The molecule has 0 aromatic carbocycles. The summed E-state index contributed by atoms with van der Waals surface area (Å²) in [7, 11) is -3.47. The van der Waals surface area contributed by atoms with Crippen molar-refractivity contribution in [2.45, 2.75) is 57.8 Å². The van der Waals surface area contributed by atoms with Gasteiger partial charge in [0.15, 0.2) is 5.82 Å². The predicted molar refractivity (Wildman–Crippen MR) is 97.4 cm³/mol. The first-order valence-corrected chi connectivity index (χ1v) is 10.9. The Morgan fingerprint density at radius 1 is 1.40 bits per heavy atom. The van der Waals surface area contributed by atoms with Gasteiger partial charge in [-0.25, -0.2) is 8.42 Å². The molecule has 0 saturated carbocycles. The van der Waals surface area contributed by atoms with Gasteiger partial charge in [0.2, 0.25) is 15.9 Å². The van der Waals surface area contributed by atoms with E-state index in [1.165, 1.54) is 11.3 Å². The van der Waals surface area contributed by atoms with Gasteiger partial charge in [0.25, 0.3) is 0 Å². The lowest BCUT2D eigenvalue weighted by Crippen LogP contribution is -2.39. The molecular formula is C17H25N3O3S2. The van der Waals surface area contributed by atoms with Gasteiger partial charge in [-0.3, -0.25) is 0 Å². The summed E-state index contributed by atoms with van der Waals surface area (Å²) in [6.07, 6.45) is 2.44. The van der Waals surface area contributed by atoms with Gasteiger partial charge in [-0.1, -0.05) is 19.0 Å². The van der Waals surface area contributed by atoms with Crippen LogP contribution in [0.3, 0.4) is 0 Å². The molecule has 1 atom stereocenters. The van der Waals surface area contributed by atoms with Gasteiger partial charge in [-0.15, -0.1) is 11.3 Å². The van der Waals surface area contributed by atoms with Crippen molar-refractivity contribution >= 4 is 21.4 Å². The number of thiophene rings is 1. The summed E-state index contributed by atoms with van der Waals surface area (Å²) >= 11 is 1.52. The summed E-state index contributed by atoms with van der Waals surface area (Å²) in [6, 6.07) is 1.77. The van der Waals surface area contributed by atoms with Crippen molar-refractivity contribution in [3.63, 3.8) is 0 Å². The van der Waals surface area contributed by atoms with Crippen LogP contribution < -0.4 is 0 Å². The smallest absolute Gasteiger partial charge is 0.244 e. The number of piperidine rings is 1. The Morgan fingerprint density at radius 3 is 2.80 bits per heavy atom. The van der Waals surface area contributed by atoms with Crippen LogP contribution in [0.25, 0.3) is 0 Å². The molecule has 0 amide bonds. The molecule has 2 aromatic rings. The van der Waals surface area contributed by atoms with E-state index in [-0.39, 0.29) is 5.92 Å². The van der Waals surface area contributed by atoms with Crippen molar-refractivity contribution in [1.82, 2.24) is 14.4 Å². The van der Waals surface area contributed by atoms with Gasteiger partial charge in [0.05, 0.1) is 10.8 Å². The minimum atomic E-state index is -3.47. The van der Waals surface area contributed by atoms with Crippen LogP contribution in [-0.2, 0) is 16.4 Å². The summed E-state index contributed by atoms with van der Waals surface area (Å²) in [5.74, 6) is 1.69. The molecule has 0 bridgehead atoms. The van der Waals surface area contributed by atoms with E-state index in [9.17, 15) is 8.42 Å². The number of hydrogen-bond acceptors (Lipinski definition) is 6. The maximum Gasteiger partial charge on any atom is 0.244 e. The normalized spacial score (nSPS) is 19.6. The molecule has 3 rings (SSSR count). The molecule has 2 aromatic heterocycles. The minimum Gasteiger partial charge on any atom is -0.339 e. The fourth-order valence-corrected chi connectivity index (χ4v) is 6.29. The predicted octanol–water partition coefficient (Wildman–Crippen LogP) is 3.51. The first kappa shape index (κ1) is 18.5. The maximum atomic E-state index is 13.0. The fraction of sp³-hybridized carbons (Fsp3) is 0.647. The number of aryl methyl sites for hydroxylation is 2. The van der Waals surface area contributed by atoms with Gasteiger partial charge < -0.3 is 4.52 Å². The van der Waals surface area contributed by atoms with Crippen molar-refractivity contribution < 1.29 is 12.9 Å². The second-order valence-corrected chi connectivity index (χ2v) is 10.5. The van der Waals surface area contributed by atoms with Gasteiger partial charge in [0, 0.05) is 29.3 Å². The lowest BCUT2D eigenvalue weighted by atomic mass is 10.00. The molecule has 0 aliphatic carbocycles. The summed E-state index contributed by atoms with van der Waals surface area (Å²) in [5.41, 5.74) is 0. The third-order valence-electron chi connectivity index (χ3n) is 4.42. The highest BCUT2D eigenvalue weighted by Crippen LogP contribution is 2.33. The lowest BCUT2D eigenvalue weighted by Gasteiger charge is -2.30. The zero-order valence-corrected chi connectivity index (χ0v) is 16.8. The maximum absolute atomic E-state index is 13.0. The third-order valence-corrected chi connectivity index (χ3v) is 7.51. The molecule has 0 N–H and O–H groups in total. The first-order chi connectivity index (χ1) is 11.8. The van der Waals surface area contributed by atoms with Gasteiger partial charge >= 0.3 is 0 Å². The van der Waals surface area contributed by atoms with E-state index in [4.69, 9.17) is 4.52 Å². The average Bonchev–Trinajstić information content (AvgIpc) is 3.13. The van der Waals surface area contributed by atoms with E-state index >= 15 is 0 Å². The third kappa shape index (κ3) is 3.96. The van der Waals surface area contributed by atoms with Crippen LogP contribution >= 0.6 is 11.3 Å². The average molecular weight is 384 g/mol. The number of rotatable bonds is 5. The topological polar surface area (TPSA) is 76.3 Å². The van der Waals surface area contributed by atoms with Crippen LogP contribution in [0.5, 0.6) is 0 Å². The molecule has 3 heterocycles. The van der Waals surface area contributed by atoms with E-state index in [1.807, 2.05) is 13.8 Å². The second-order valence-electron chi connectivity index (χ2n) is 7.13. The van der Waals surface area contributed by atoms with Crippen LogP contribution in [0.15, 0.2) is 15.5 Å². The van der Waals surface area contributed by atoms with Gasteiger partial charge in [0.1, 0.15) is 0 Å².